The van der Waals surface area contributed by atoms with Gasteiger partial charge in [0, 0.05) is 19.1 Å². The van der Waals surface area contributed by atoms with E-state index in [0.29, 0.717) is 13.1 Å². The number of rotatable bonds is 1. The molecule has 1 heterocycles. The van der Waals surface area contributed by atoms with Crippen LogP contribution in [0.15, 0.2) is 0 Å². The summed E-state index contributed by atoms with van der Waals surface area (Å²) in [7, 11) is 0. The lowest BCUT2D eigenvalue weighted by Crippen LogP contribution is -2.46. The molecule has 0 spiro atoms. The molecule has 0 radical (unpaired) electrons. The van der Waals surface area contributed by atoms with Crippen molar-refractivity contribution >= 4 is 12.1 Å². The molecule has 4 amide bonds. The van der Waals surface area contributed by atoms with Gasteiger partial charge in [-0.2, -0.15) is 0 Å². The molecule has 1 saturated heterocycles. The molecule has 2 aliphatic rings. The molecule has 2 fully saturated rings. The number of hydrogen-bond donors (Lipinski definition) is 2. The molecule has 0 aromatic heterocycles. The van der Waals surface area contributed by atoms with E-state index in [1.165, 1.54) is 24.2 Å². The first-order valence-electron chi connectivity index (χ1n) is 5.63. The van der Waals surface area contributed by atoms with Gasteiger partial charge >= 0.3 is 12.1 Å². The number of amides is 4. The molecule has 1 aliphatic carbocycles. The van der Waals surface area contributed by atoms with Crippen LogP contribution in [0.5, 0.6) is 0 Å². The maximum Gasteiger partial charge on any atom is 0.325 e. The van der Waals surface area contributed by atoms with E-state index in [1.54, 1.807) is 0 Å². The van der Waals surface area contributed by atoms with Gasteiger partial charge in [-0.05, 0) is 12.8 Å². The summed E-state index contributed by atoms with van der Waals surface area (Å²) in [6.45, 7) is 1.05. The van der Waals surface area contributed by atoms with Gasteiger partial charge in [-0.1, -0.05) is 19.3 Å². The molecule has 0 atom stereocenters. The molecule has 0 bridgehead atoms. The first-order valence-corrected chi connectivity index (χ1v) is 5.63. The Morgan fingerprint density at radius 2 is 2.07 bits per heavy atom. The van der Waals surface area contributed by atoms with E-state index in [-0.39, 0.29) is 18.1 Å². The highest BCUT2D eigenvalue weighted by Crippen LogP contribution is 2.17. The molecule has 0 aromatic carbocycles. The fourth-order valence-electron chi connectivity index (χ4n) is 2.16. The normalized spacial score (nSPS) is 22.7. The van der Waals surface area contributed by atoms with Crippen molar-refractivity contribution in [2.75, 3.05) is 13.1 Å². The lowest BCUT2D eigenvalue weighted by Gasteiger charge is -2.24. The number of nitrogens with one attached hydrogen (secondary N) is 2. The molecule has 0 unspecified atom stereocenters. The Balaban J connectivity index is 1.82. The minimum atomic E-state index is -0.275. The first kappa shape index (κ1) is 10.3. The van der Waals surface area contributed by atoms with Gasteiger partial charge < -0.3 is 10.6 Å². The third-order valence-corrected chi connectivity index (χ3v) is 3.03. The number of urea groups is 2. The van der Waals surface area contributed by atoms with E-state index in [0.717, 1.165) is 12.8 Å². The zero-order chi connectivity index (χ0) is 10.7. The second-order valence-electron chi connectivity index (χ2n) is 4.17. The van der Waals surface area contributed by atoms with Crippen molar-refractivity contribution in [1.82, 2.24) is 15.5 Å². The van der Waals surface area contributed by atoms with Gasteiger partial charge in [0.25, 0.3) is 0 Å². The molecule has 1 saturated carbocycles. The van der Waals surface area contributed by atoms with Crippen LogP contribution in [0.1, 0.15) is 32.1 Å². The van der Waals surface area contributed by atoms with Crippen LogP contribution in [0.25, 0.3) is 0 Å². The van der Waals surface area contributed by atoms with Gasteiger partial charge in [0.1, 0.15) is 0 Å². The topological polar surface area (TPSA) is 61.4 Å². The highest BCUT2D eigenvalue weighted by Gasteiger charge is 2.27. The standard InChI is InChI=1S/C10H17N3O2/c14-9-11-6-7-13(9)10(15)12-8-4-2-1-3-5-8/h8H,1-7H2,(H,11,14)(H,12,15). The van der Waals surface area contributed by atoms with Crippen molar-refractivity contribution in [3.8, 4) is 0 Å². The SMILES string of the molecule is O=C1NCCN1C(=O)NC1CCCCC1. The summed E-state index contributed by atoms with van der Waals surface area (Å²) >= 11 is 0. The molecule has 2 N–H and O–H groups in total. The van der Waals surface area contributed by atoms with Gasteiger partial charge in [0.2, 0.25) is 0 Å². The number of hydrogen-bond acceptors (Lipinski definition) is 2. The number of nitrogens with zero attached hydrogens (tertiary/aromatic N) is 1. The first-order chi connectivity index (χ1) is 7.27. The van der Waals surface area contributed by atoms with E-state index >= 15 is 0 Å². The second-order valence-corrected chi connectivity index (χ2v) is 4.17. The minimum Gasteiger partial charge on any atom is -0.336 e. The third-order valence-electron chi connectivity index (χ3n) is 3.03. The van der Waals surface area contributed by atoms with Crippen LogP contribution < -0.4 is 10.6 Å². The van der Waals surface area contributed by atoms with Crippen LogP contribution in [0.4, 0.5) is 9.59 Å². The molecule has 84 valence electrons. The summed E-state index contributed by atoms with van der Waals surface area (Å²) in [5.41, 5.74) is 0. The van der Waals surface area contributed by atoms with Crippen LogP contribution in [0, 0.1) is 0 Å². The van der Waals surface area contributed by atoms with Crippen molar-refractivity contribution in [2.24, 2.45) is 0 Å². The van der Waals surface area contributed by atoms with E-state index < -0.39 is 0 Å². The molecule has 5 nitrogen and oxygen atoms in total. The van der Waals surface area contributed by atoms with Gasteiger partial charge in [-0.25, -0.2) is 14.5 Å². The van der Waals surface area contributed by atoms with Crippen molar-refractivity contribution in [1.29, 1.82) is 0 Å². The molecule has 5 heteroatoms. The lowest BCUT2D eigenvalue weighted by molar-refractivity contribution is 0.193. The number of carbonyl (C=O) groups is 2. The maximum absolute atomic E-state index is 11.7. The van der Waals surface area contributed by atoms with Gasteiger partial charge in [-0.15, -0.1) is 0 Å². The average molecular weight is 211 g/mol. The number of carbonyl (C=O) groups excluding carboxylic acids is 2. The largest absolute Gasteiger partial charge is 0.336 e. The van der Waals surface area contributed by atoms with E-state index in [2.05, 4.69) is 10.6 Å². The van der Waals surface area contributed by atoms with Crippen LogP contribution >= 0.6 is 0 Å². The quantitative estimate of drug-likeness (QED) is 0.681. The van der Waals surface area contributed by atoms with Crippen LogP contribution in [-0.2, 0) is 0 Å². The molecular weight excluding hydrogens is 194 g/mol. The zero-order valence-electron chi connectivity index (χ0n) is 8.79. The number of imide groups is 1. The Kier molecular flexibility index (Phi) is 3.08. The van der Waals surface area contributed by atoms with E-state index in [4.69, 9.17) is 0 Å². The van der Waals surface area contributed by atoms with Crippen molar-refractivity contribution in [3.05, 3.63) is 0 Å². The molecule has 15 heavy (non-hydrogen) atoms. The van der Waals surface area contributed by atoms with E-state index in [9.17, 15) is 9.59 Å². The fourth-order valence-corrected chi connectivity index (χ4v) is 2.16. The van der Waals surface area contributed by atoms with Crippen LogP contribution in [0.3, 0.4) is 0 Å². The highest BCUT2D eigenvalue weighted by molar-refractivity contribution is 5.95. The Morgan fingerprint density at radius 3 is 2.67 bits per heavy atom. The van der Waals surface area contributed by atoms with Crippen LogP contribution in [-0.4, -0.2) is 36.1 Å². The zero-order valence-corrected chi connectivity index (χ0v) is 8.79. The monoisotopic (exact) mass is 211 g/mol. The summed E-state index contributed by atoms with van der Waals surface area (Å²) in [5, 5.41) is 5.53. The highest BCUT2D eigenvalue weighted by atomic mass is 16.2. The average Bonchev–Trinajstić information content (AvgIpc) is 2.66. The fraction of sp³-hybridized carbons (Fsp3) is 0.800. The van der Waals surface area contributed by atoms with Crippen molar-refractivity contribution < 1.29 is 9.59 Å². The Morgan fingerprint density at radius 1 is 1.33 bits per heavy atom. The second kappa shape index (κ2) is 4.51. The molecular formula is C10H17N3O2. The molecule has 1 aliphatic heterocycles. The summed E-state index contributed by atoms with van der Waals surface area (Å²) in [6.07, 6.45) is 5.70. The molecule has 0 aromatic rings. The summed E-state index contributed by atoms with van der Waals surface area (Å²) in [6, 6.07) is -0.250. The van der Waals surface area contributed by atoms with E-state index in [1.807, 2.05) is 0 Å². The Labute approximate surface area is 89.2 Å². The maximum atomic E-state index is 11.7. The predicted octanol–water partition coefficient (Wildman–Crippen LogP) is 1.05. The van der Waals surface area contributed by atoms with Crippen LogP contribution in [0.2, 0.25) is 0 Å². The van der Waals surface area contributed by atoms with Crippen molar-refractivity contribution in [3.63, 3.8) is 0 Å². The van der Waals surface area contributed by atoms with Gasteiger partial charge in [0.15, 0.2) is 0 Å². The Hall–Kier alpha value is -1.26. The minimum absolute atomic E-state index is 0.239. The summed E-state index contributed by atoms with van der Waals surface area (Å²) in [4.78, 5) is 24.1. The van der Waals surface area contributed by atoms with Crippen molar-refractivity contribution in [2.45, 2.75) is 38.1 Å². The summed E-state index contributed by atoms with van der Waals surface area (Å²) in [5.74, 6) is 0. The smallest absolute Gasteiger partial charge is 0.325 e. The van der Waals surface area contributed by atoms with Gasteiger partial charge in [0.05, 0.1) is 0 Å². The predicted molar refractivity (Wildman–Crippen MR) is 55.5 cm³/mol. The Bertz CT molecular complexity index is 261. The van der Waals surface area contributed by atoms with Gasteiger partial charge in [-0.3, -0.25) is 0 Å². The summed E-state index contributed by atoms with van der Waals surface area (Å²) < 4.78 is 0. The third kappa shape index (κ3) is 2.40. The molecule has 2 rings (SSSR count). The lowest BCUT2D eigenvalue weighted by atomic mass is 9.96.